The first kappa shape index (κ1) is 9.47. The highest BCUT2D eigenvalue weighted by molar-refractivity contribution is 4.90. The summed E-state index contributed by atoms with van der Waals surface area (Å²) in [5, 5.41) is 0. The third-order valence-corrected chi connectivity index (χ3v) is 3.86. The van der Waals surface area contributed by atoms with Gasteiger partial charge in [0, 0.05) is 12.1 Å². The Morgan fingerprint density at radius 1 is 1.15 bits per heavy atom. The Balaban J connectivity index is 2.03. The van der Waals surface area contributed by atoms with Gasteiger partial charge in [-0.25, -0.2) is 0 Å². The summed E-state index contributed by atoms with van der Waals surface area (Å²) < 4.78 is 5.59. The van der Waals surface area contributed by atoms with Gasteiger partial charge >= 0.3 is 0 Å². The van der Waals surface area contributed by atoms with Crippen LogP contribution in [0.3, 0.4) is 0 Å². The summed E-state index contributed by atoms with van der Waals surface area (Å²) in [6, 6.07) is 1.39. The highest BCUT2D eigenvalue weighted by atomic mass is 16.5. The van der Waals surface area contributed by atoms with Gasteiger partial charge in [-0.2, -0.15) is 0 Å². The number of fused-ring (bicyclic) bond motifs is 2. The molecule has 0 unspecified atom stereocenters. The van der Waals surface area contributed by atoms with Crippen LogP contribution in [0.2, 0.25) is 0 Å². The van der Waals surface area contributed by atoms with Crippen molar-refractivity contribution in [1.82, 2.24) is 4.90 Å². The third kappa shape index (κ3) is 1.75. The van der Waals surface area contributed by atoms with Crippen LogP contribution in [-0.4, -0.2) is 37.2 Å². The number of likely N-dealkylation sites (N-methyl/N-ethyl adjacent to an activating group) is 1. The number of hydrogen-bond acceptors (Lipinski definition) is 2. The minimum Gasteiger partial charge on any atom is -0.378 e. The first-order valence-corrected chi connectivity index (χ1v) is 5.48. The van der Waals surface area contributed by atoms with Gasteiger partial charge in [-0.15, -0.1) is 0 Å². The van der Waals surface area contributed by atoms with E-state index in [0.29, 0.717) is 12.1 Å². The summed E-state index contributed by atoms with van der Waals surface area (Å²) in [6.45, 7) is 6.62. The first-order chi connectivity index (χ1) is 6.18. The maximum absolute atomic E-state index is 5.59. The monoisotopic (exact) mass is 183 g/mol. The van der Waals surface area contributed by atoms with Crippen molar-refractivity contribution in [3.8, 4) is 0 Å². The number of ether oxygens (including phenoxy) is 1. The predicted octanol–water partition coefficient (Wildman–Crippen LogP) is 1.75. The number of rotatable bonds is 1. The van der Waals surface area contributed by atoms with Crippen molar-refractivity contribution >= 4 is 0 Å². The minimum atomic E-state index is 0.694. The van der Waals surface area contributed by atoms with Crippen molar-refractivity contribution in [2.75, 3.05) is 20.3 Å². The third-order valence-electron chi connectivity index (χ3n) is 3.86. The van der Waals surface area contributed by atoms with Crippen LogP contribution in [0.4, 0.5) is 0 Å². The highest BCUT2D eigenvalue weighted by Crippen LogP contribution is 2.34. The van der Waals surface area contributed by atoms with Crippen molar-refractivity contribution in [2.45, 2.75) is 38.8 Å². The van der Waals surface area contributed by atoms with Gasteiger partial charge in [0.15, 0.2) is 0 Å². The normalized spacial score (nSPS) is 41.1. The molecule has 0 aromatic heterocycles. The summed E-state index contributed by atoms with van der Waals surface area (Å²) in [6.07, 6.45) is 2.68. The van der Waals surface area contributed by atoms with Crippen LogP contribution in [0, 0.1) is 11.8 Å². The molecule has 2 aliphatic rings. The van der Waals surface area contributed by atoms with E-state index in [1.165, 1.54) is 12.8 Å². The second-order valence-corrected chi connectivity index (χ2v) is 4.99. The lowest BCUT2D eigenvalue weighted by atomic mass is 9.79. The maximum Gasteiger partial charge on any atom is 0.0622 e. The average Bonchev–Trinajstić information content (AvgIpc) is 2.02. The van der Waals surface area contributed by atoms with E-state index in [4.69, 9.17) is 4.74 Å². The van der Waals surface area contributed by atoms with Gasteiger partial charge in [0.05, 0.1) is 13.2 Å². The van der Waals surface area contributed by atoms with Crippen LogP contribution in [0.15, 0.2) is 0 Å². The SMILES string of the molecule is CC(C)[C@H]1C[C@H]2COC[C@@H](C1)N2C. The number of hydrogen-bond donors (Lipinski definition) is 0. The van der Waals surface area contributed by atoms with E-state index in [1.54, 1.807) is 0 Å². The van der Waals surface area contributed by atoms with E-state index >= 15 is 0 Å². The Morgan fingerprint density at radius 2 is 1.69 bits per heavy atom. The Labute approximate surface area is 81.3 Å². The van der Waals surface area contributed by atoms with E-state index in [2.05, 4.69) is 25.8 Å². The number of piperidine rings is 1. The molecule has 2 fully saturated rings. The molecule has 76 valence electrons. The Bertz CT molecular complexity index is 167. The zero-order valence-electron chi connectivity index (χ0n) is 8.99. The summed E-state index contributed by atoms with van der Waals surface area (Å²) in [4.78, 5) is 2.53. The Hall–Kier alpha value is -0.0800. The lowest BCUT2D eigenvalue weighted by Crippen LogP contribution is -2.55. The predicted molar refractivity (Wildman–Crippen MR) is 53.7 cm³/mol. The molecule has 2 heteroatoms. The molecule has 0 aliphatic carbocycles. The Morgan fingerprint density at radius 3 is 2.15 bits per heavy atom. The molecule has 0 saturated carbocycles. The van der Waals surface area contributed by atoms with Crippen molar-refractivity contribution < 1.29 is 4.74 Å². The molecular formula is C11H21NO. The fourth-order valence-electron chi connectivity index (χ4n) is 2.68. The van der Waals surface area contributed by atoms with E-state index in [9.17, 15) is 0 Å². The lowest BCUT2D eigenvalue weighted by Gasteiger charge is -2.47. The smallest absolute Gasteiger partial charge is 0.0622 e. The quantitative estimate of drug-likeness (QED) is 0.614. The second kappa shape index (κ2) is 3.58. The van der Waals surface area contributed by atoms with Crippen LogP contribution in [-0.2, 0) is 4.74 Å². The number of morpholine rings is 1. The van der Waals surface area contributed by atoms with Gasteiger partial charge in [-0.05, 0) is 31.7 Å². The second-order valence-electron chi connectivity index (χ2n) is 4.99. The number of nitrogens with zero attached hydrogens (tertiary/aromatic N) is 1. The molecule has 0 spiro atoms. The summed E-state index contributed by atoms with van der Waals surface area (Å²) >= 11 is 0. The fraction of sp³-hybridized carbons (Fsp3) is 1.00. The molecule has 2 aliphatic heterocycles. The van der Waals surface area contributed by atoms with Crippen molar-refractivity contribution in [1.29, 1.82) is 0 Å². The molecule has 2 rings (SSSR count). The minimum absolute atomic E-state index is 0.694. The lowest BCUT2D eigenvalue weighted by molar-refractivity contribution is -0.0803. The van der Waals surface area contributed by atoms with Gasteiger partial charge in [-0.1, -0.05) is 13.8 Å². The fourth-order valence-corrected chi connectivity index (χ4v) is 2.68. The van der Waals surface area contributed by atoms with E-state index in [-0.39, 0.29) is 0 Å². The van der Waals surface area contributed by atoms with Crippen molar-refractivity contribution in [3.05, 3.63) is 0 Å². The molecule has 0 aromatic carbocycles. The molecule has 0 amide bonds. The average molecular weight is 183 g/mol. The van der Waals surface area contributed by atoms with Gasteiger partial charge in [0.1, 0.15) is 0 Å². The summed E-state index contributed by atoms with van der Waals surface area (Å²) in [5.41, 5.74) is 0. The molecule has 0 aromatic rings. The zero-order chi connectivity index (χ0) is 9.42. The van der Waals surface area contributed by atoms with Crippen LogP contribution in [0.25, 0.3) is 0 Å². The molecule has 2 saturated heterocycles. The standard InChI is InChI=1S/C11H21NO/c1-8(2)9-4-10-6-13-7-11(5-9)12(10)3/h8-11H,4-7H2,1-3H3/t9-,10-,11+. The van der Waals surface area contributed by atoms with Crippen LogP contribution >= 0.6 is 0 Å². The summed E-state index contributed by atoms with van der Waals surface area (Å²) in [7, 11) is 2.26. The molecule has 0 N–H and O–H groups in total. The maximum atomic E-state index is 5.59. The van der Waals surface area contributed by atoms with Crippen molar-refractivity contribution in [3.63, 3.8) is 0 Å². The molecule has 2 heterocycles. The first-order valence-electron chi connectivity index (χ1n) is 5.48. The molecule has 0 radical (unpaired) electrons. The van der Waals surface area contributed by atoms with Gasteiger partial charge in [0.2, 0.25) is 0 Å². The van der Waals surface area contributed by atoms with Crippen LogP contribution < -0.4 is 0 Å². The zero-order valence-corrected chi connectivity index (χ0v) is 8.99. The molecule has 13 heavy (non-hydrogen) atoms. The van der Waals surface area contributed by atoms with E-state index < -0.39 is 0 Å². The molecule has 2 bridgehead atoms. The Kier molecular flexibility index (Phi) is 2.61. The van der Waals surface area contributed by atoms with Gasteiger partial charge in [0.25, 0.3) is 0 Å². The topological polar surface area (TPSA) is 12.5 Å². The van der Waals surface area contributed by atoms with E-state index in [0.717, 1.165) is 25.0 Å². The van der Waals surface area contributed by atoms with E-state index in [1.807, 2.05) is 0 Å². The largest absolute Gasteiger partial charge is 0.378 e. The molecule has 2 nitrogen and oxygen atoms in total. The van der Waals surface area contributed by atoms with Crippen molar-refractivity contribution in [2.24, 2.45) is 11.8 Å². The van der Waals surface area contributed by atoms with Crippen LogP contribution in [0.5, 0.6) is 0 Å². The molecule has 3 atom stereocenters. The highest BCUT2D eigenvalue weighted by Gasteiger charge is 2.37. The van der Waals surface area contributed by atoms with Crippen LogP contribution in [0.1, 0.15) is 26.7 Å². The van der Waals surface area contributed by atoms with Gasteiger partial charge in [-0.3, -0.25) is 4.90 Å². The van der Waals surface area contributed by atoms with Gasteiger partial charge < -0.3 is 4.74 Å². The summed E-state index contributed by atoms with van der Waals surface area (Å²) in [5.74, 6) is 1.77. The molecular weight excluding hydrogens is 162 g/mol.